The van der Waals surface area contributed by atoms with Gasteiger partial charge < -0.3 is 9.80 Å². The largest absolute Gasteiger partial charge is 0.341 e. The second-order valence-electron chi connectivity index (χ2n) is 9.25. The van der Waals surface area contributed by atoms with Crippen molar-refractivity contribution in [3.8, 4) is 5.13 Å². The van der Waals surface area contributed by atoms with Crippen molar-refractivity contribution in [2.24, 2.45) is 11.8 Å². The van der Waals surface area contributed by atoms with Gasteiger partial charge >= 0.3 is 0 Å². The Morgan fingerprint density at radius 2 is 1.74 bits per heavy atom. The zero-order valence-electron chi connectivity index (χ0n) is 19.0. The average Bonchev–Trinajstić information content (AvgIpc) is 3.35. The van der Waals surface area contributed by atoms with Crippen LogP contribution >= 0.6 is 11.3 Å². The van der Waals surface area contributed by atoms with Crippen LogP contribution in [-0.2, 0) is 4.79 Å². The average molecular weight is 444 g/mol. The third-order valence-corrected chi connectivity index (χ3v) is 7.27. The van der Waals surface area contributed by atoms with E-state index >= 15 is 0 Å². The molecule has 2 atom stereocenters. The predicted molar refractivity (Wildman–Crippen MR) is 123 cm³/mol. The van der Waals surface area contributed by atoms with Gasteiger partial charge in [-0.25, -0.2) is 4.98 Å². The van der Waals surface area contributed by atoms with Crippen molar-refractivity contribution in [2.75, 3.05) is 45.8 Å². The summed E-state index contributed by atoms with van der Waals surface area (Å²) in [5.41, 5.74) is 2.70. The van der Waals surface area contributed by atoms with E-state index in [-0.39, 0.29) is 11.8 Å². The van der Waals surface area contributed by atoms with Gasteiger partial charge in [0.15, 0.2) is 5.13 Å². The number of amides is 2. The lowest BCUT2D eigenvalue weighted by atomic mass is 9.92. The molecule has 2 aliphatic rings. The molecule has 2 saturated heterocycles. The lowest BCUT2D eigenvalue weighted by molar-refractivity contribution is -0.135. The van der Waals surface area contributed by atoms with Crippen molar-refractivity contribution in [2.45, 2.75) is 34.1 Å². The molecule has 2 amide bonds. The van der Waals surface area contributed by atoms with Crippen molar-refractivity contribution in [1.82, 2.24) is 24.3 Å². The summed E-state index contributed by atoms with van der Waals surface area (Å²) in [6.07, 6.45) is 2.99. The molecular formula is C23H33N5O2S. The molecule has 0 aromatic carbocycles. The van der Waals surface area contributed by atoms with E-state index in [2.05, 4.69) is 23.7 Å². The predicted octanol–water partition coefficient (Wildman–Crippen LogP) is 2.81. The fourth-order valence-corrected chi connectivity index (χ4v) is 5.79. The number of rotatable bonds is 4. The maximum Gasteiger partial charge on any atom is 0.255 e. The monoisotopic (exact) mass is 443 g/mol. The minimum absolute atomic E-state index is 0.0700. The molecule has 7 nitrogen and oxygen atoms in total. The molecule has 2 aromatic rings. The highest BCUT2D eigenvalue weighted by Crippen LogP contribution is 2.24. The summed E-state index contributed by atoms with van der Waals surface area (Å²) in [6.45, 7) is 13.4. The SMILES string of the molecule is Cc1cc(C(=O)N2CCN(CC(=O)N3CC(C)CC(C)C3)CC2)c(C)n1-c1nccs1. The zero-order chi connectivity index (χ0) is 22.1. The Hall–Kier alpha value is -2.19. The van der Waals surface area contributed by atoms with E-state index in [0.29, 0.717) is 31.5 Å². The van der Waals surface area contributed by atoms with Crippen LogP contribution in [0.3, 0.4) is 0 Å². The number of hydrogen-bond acceptors (Lipinski definition) is 5. The van der Waals surface area contributed by atoms with Gasteiger partial charge in [-0.1, -0.05) is 13.8 Å². The van der Waals surface area contributed by atoms with Gasteiger partial charge in [-0.15, -0.1) is 11.3 Å². The normalized spacial score (nSPS) is 22.7. The Morgan fingerprint density at radius 3 is 2.35 bits per heavy atom. The van der Waals surface area contributed by atoms with E-state index in [4.69, 9.17) is 0 Å². The van der Waals surface area contributed by atoms with Crippen molar-refractivity contribution < 1.29 is 9.59 Å². The molecule has 0 bridgehead atoms. The summed E-state index contributed by atoms with van der Waals surface area (Å²) >= 11 is 1.57. The first-order valence-corrected chi connectivity index (χ1v) is 12.1. The molecule has 2 aliphatic heterocycles. The summed E-state index contributed by atoms with van der Waals surface area (Å²) in [6, 6.07) is 1.97. The van der Waals surface area contributed by atoms with E-state index < -0.39 is 0 Å². The highest BCUT2D eigenvalue weighted by atomic mass is 32.1. The maximum atomic E-state index is 13.2. The first kappa shape index (κ1) is 22.0. The maximum absolute atomic E-state index is 13.2. The molecule has 2 unspecified atom stereocenters. The lowest BCUT2D eigenvalue weighted by Crippen LogP contribution is -2.53. The molecule has 4 heterocycles. The summed E-state index contributed by atoms with van der Waals surface area (Å²) < 4.78 is 2.05. The van der Waals surface area contributed by atoms with Crippen LogP contribution in [0.2, 0.25) is 0 Å². The molecule has 4 rings (SSSR count). The van der Waals surface area contributed by atoms with Gasteiger partial charge in [0.2, 0.25) is 5.91 Å². The van der Waals surface area contributed by atoms with Gasteiger partial charge in [-0.2, -0.15) is 0 Å². The van der Waals surface area contributed by atoms with Crippen LogP contribution in [0.25, 0.3) is 5.13 Å². The number of piperidine rings is 1. The number of hydrogen-bond donors (Lipinski definition) is 0. The van der Waals surface area contributed by atoms with Gasteiger partial charge in [0, 0.05) is 62.2 Å². The lowest BCUT2D eigenvalue weighted by Gasteiger charge is -2.38. The summed E-state index contributed by atoms with van der Waals surface area (Å²) in [5, 5.41) is 2.83. The Bertz CT molecular complexity index is 920. The van der Waals surface area contributed by atoms with Crippen LogP contribution in [0.5, 0.6) is 0 Å². The minimum Gasteiger partial charge on any atom is -0.341 e. The zero-order valence-corrected chi connectivity index (χ0v) is 19.8. The van der Waals surface area contributed by atoms with Crippen molar-refractivity contribution in [1.29, 1.82) is 0 Å². The van der Waals surface area contributed by atoms with E-state index in [1.54, 1.807) is 17.5 Å². The molecule has 0 aliphatic carbocycles. The first-order chi connectivity index (χ1) is 14.8. The van der Waals surface area contributed by atoms with Crippen molar-refractivity contribution in [3.05, 3.63) is 34.6 Å². The molecule has 0 radical (unpaired) electrons. The molecule has 0 saturated carbocycles. The number of aromatic nitrogens is 2. The van der Waals surface area contributed by atoms with Crippen LogP contribution in [0, 0.1) is 25.7 Å². The topological polar surface area (TPSA) is 61.7 Å². The fraction of sp³-hybridized carbons (Fsp3) is 0.609. The highest BCUT2D eigenvalue weighted by Gasteiger charge is 2.29. The Kier molecular flexibility index (Phi) is 6.48. The summed E-state index contributed by atoms with van der Waals surface area (Å²) in [7, 11) is 0. The van der Waals surface area contributed by atoms with Gasteiger partial charge in [0.1, 0.15) is 0 Å². The second kappa shape index (κ2) is 9.12. The van der Waals surface area contributed by atoms with Crippen LogP contribution in [0.1, 0.15) is 42.0 Å². The second-order valence-corrected chi connectivity index (χ2v) is 10.1. The number of likely N-dealkylation sites (tertiary alicyclic amines) is 1. The highest BCUT2D eigenvalue weighted by molar-refractivity contribution is 7.12. The minimum atomic E-state index is 0.0700. The summed E-state index contributed by atoms with van der Waals surface area (Å²) in [5.74, 6) is 1.45. The quantitative estimate of drug-likeness (QED) is 0.729. The van der Waals surface area contributed by atoms with Gasteiger partial charge in [0.25, 0.3) is 5.91 Å². The van der Waals surface area contributed by atoms with Crippen molar-refractivity contribution in [3.63, 3.8) is 0 Å². The molecule has 0 N–H and O–H groups in total. The molecule has 0 spiro atoms. The van der Waals surface area contributed by atoms with Crippen LogP contribution in [0.15, 0.2) is 17.6 Å². The summed E-state index contributed by atoms with van der Waals surface area (Å²) in [4.78, 5) is 36.5. The van der Waals surface area contributed by atoms with Crippen molar-refractivity contribution >= 4 is 23.2 Å². The number of carbonyl (C=O) groups excluding carboxylic acids is 2. The number of carbonyl (C=O) groups is 2. The first-order valence-electron chi connectivity index (χ1n) is 11.2. The molecule has 2 aromatic heterocycles. The van der Waals surface area contributed by atoms with Gasteiger partial charge in [0.05, 0.1) is 12.1 Å². The van der Waals surface area contributed by atoms with Gasteiger partial charge in [-0.05, 0) is 38.2 Å². The molecule has 168 valence electrons. The smallest absolute Gasteiger partial charge is 0.255 e. The van der Waals surface area contributed by atoms with Crippen LogP contribution in [0.4, 0.5) is 0 Å². The Morgan fingerprint density at radius 1 is 1.06 bits per heavy atom. The number of nitrogens with zero attached hydrogens (tertiary/aromatic N) is 5. The Labute approximate surface area is 188 Å². The number of thiazole rings is 1. The van der Waals surface area contributed by atoms with Gasteiger partial charge in [-0.3, -0.25) is 19.1 Å². The van der Waals surface area contributed by atoms with E-state index in [1.807, 2.05) is 39.7 Å². The molecular weight excluding hydrogens is 410 g/mol. The van der Waals surface area contributed by atoms with E-state index in [9.17, 15) is 9.59 Å². The third kappa shape index (κ3) is 4.70. The van der Waals surface area contributed by atoms with Crippen LogP contribution < -0.4 is 0 Å². The third-order valence-electron chi connectivity index (χ3n) is 6.51. The molecule has 8 heteroatoms. The van der Waals surface area contributed by atoms with Crippen LogP contribution in [-0.4, -0.2) is 81.9 Å². The molecule has 2 fully saturated rings. The molecule has 31 heavy (non-hydrogen) atoms. The Balaban J connectivity index is 1.34. The number of aryl methyl sites for hydroxylation is 1. The number of piperazine rings is 1. The van der Waals surface area contributed by atoms with E-state index in [1.165, 1.54) is 6.42 Å². The fourth-order valence-electron chi connectivity index (χ4n) is 5.04. The van der Waals surface area contributed by atoms with E-state index in [0.717, 1.165) is 48.3 Å². The standard InChI is InChI=1S/C23H33N5O2S/c1-16-11-17(2)14-27(13-16)21(29)15-25-6-8-26(9-7-25)22(30)20-12-18(3)28(19(20)4)23-24-5-10-31-23/h5,10,12,16-17H,6-9,11,13-15H2,1-4H3.